The molecule has 2 rings (SSSR count). The average Bonchev–Trinajstić information content (AvgIpc) is 2.28. The van der Waals surface area contributed by atoms with Gasteiger partial charge in [-0.2, -0.15) is 0 Å². The van der Waals surface area contributed by atoms with E-state index in [1.807, 2.05) is 24.9 Å². The normalized spacial score (nSPS) is 12.0. The van der Waals surface area contributed by atoms with E-state index in [0.29, 0.717) is 4.90 Å². The van der Waals surface area contributed by atoms with Gasteiger partial charge < -0.3 is 0 Å². The van der Waals surface area contributed by atoms with Gasteiger partial charge in [0.15, 0.2) is 0 Å². The third kappa shape index (κ3) is 2.18. The Labute approximate surface area is 110 Å². The molecule has 1 heterocycles. The molecule has 0 amide bonds. The van der Waals surface area contributed by atoms with Gasteiger partial charge in [0.25, 0.3) is 0 Å². The molecule has 0 atom stereocenters. The van der Waals surface area contributed by atoms with Crippen LogP contribution in [-0.4, -0.2) is 20.6 Å². The molecule has 88 valence electrons. The van der Waals surface area contributed by atoms with Crippen LogP contribution in [0.2, 0.25) is 0 Å². The standard InChI is InChI=1S/C12H12BBrO2S/c1-8(2)17(15,16)11-5-3-4-9-6-13-7-10(14)12(9)11/h3-8H,1-2H3. The van der Waals surface area contributed by atoms with E-state index in [0.717, 1.165) is 15.2 Å². The van der Waals surface area contributed by atoms with E-state index in [-0.39, 0.29) is 0 Å². The second kappa shape index (κ2) is 4.54. The molecule has 0 aliphatic heterocycles. The second-order valence-corrected chi connectivity index (χ2v) is 7.51. The zero-order valence-electron chi connectivity index (χ0n) is 9.64. The molecule has 0 radical (unpaired) electrons. The van der Waals surface area contributed by atoms with Crippen molar-refractivity contribution in [3.63, 3.8) is 0 Å². The number of hydrogen-bond donors (Lipinski definition) is 0. The van der Waals surface area contributed by atoms with Gasteiger partial charge in [-0.3, -0.25) is 0 Å². The van der Waals surface area contributed by atoms with Crippen molar-refractivity contribution in [2.75, 3.05) is 0 Å². The molecule has 0 saturated heterocycles. The number of fused-ring (bicyclic) bond motifs is 1. The van der Waals surface area contributed by atoms with Gasteiger partial charge in [0.1, 0.15) is 0 Å². The SMILES string of the molecule is CC(C)S(=O)(=O)c1cccc2cbcc(Br)c12. The summed E-state index contributed by atoms with van der Waals surface area (Å²) in [6.45, 7) is 5.30. The Hall–Kier alpha value is -0.675. The fraction of sp³-hybridized carbons (Fsp3) is 0.250. The van der Waals surface area contributed by atoms with Crippen LogP contribution >= 0.6 is 15.9 Å². The van der Waals surface area contributed by atoms with Gasteiger partial charge in [0, 0.05) is 0 Å². The van der Waals surface area contributed by atoms with Gasteiger partial charge in [-0.1, -0.05) is 0 Å². The Morgan fingerprint density at radius 3 is 2.59 bits per heavy atom. The van der Waals surface area contributed by atoms with Gasteiger partial charge in [-0.05, 0) is 0 Å². The zero-order chi connectivity index (χ0) is 12.6. The number of benzene rings is 1. The predicted octanol–water partition coefficient (Wildman–Crippen LogP) is 3.12. The van der Waals surface area contributed by atoms with Gasteiger partial charge in [0.05, 0.1) is 0 Å². The van der Waals surface area contributed by atoms with Crippen LogP contribution in [0.5, 0.6) is 0 Å². The first-order valence-electron chi connectivity index (χ1n) is 5.35. The van der Waals surface area contributed by atoms with Crippen LogP contribution < -0.4 is 0 Å². The molecule has 0 fully saturated rings. The molecular weight excluding hydrogens is 299 g/mol. The van der Waals surface area contributed by atoms with Crippen LogP contribution in [0, 0.1) is 0 Å². The van der Waals surface area contributed by atoms with Crippen molar-refractivity contribution in [3.05, 3.63) is 34.6 Å². The first kappa shape index (κ1) is 12.8. The quantitative estimate of drug-likeness (QED) is 0.854. The summed E-state index contributed by atoms with van der Waals surface area (Å²) in [4.78, 5) is 0.400. The molecule has 0 saturated carbocycles. The summed E-state index contributed by atoms with van der Waals surface area (Å²) < 4.78 is 25.4. The molecule has 17 heavy (non-hydrogen) atoms. The maximum atomic E-state index is 12.3. The van der Waals surface area contributed by atoms with E-state index in [2.05, 4.69) is 15.9 Å². The predicted molar refractivity (Wildman–Crippen MR) is 75.3 cm³/mol. The molecular formula is C12H12BBrO2S. The van der Waals surface area contributed by atoms with E-state index < -0.39 is 15.1 Å². The minimum atomic E-state index is -3.26. The summed E-state index contributed by atoms with van der Waals surface area (Å²) in [7, 11) is -3.26. The number of halogens is 1. The summed E-state index contributed by atoms with van der Waals surface area (Å²) in [5.74, 6) is 3.78. The van der Waals surface area contributed by atoms with Crippen molar-refractivity contribution < 1.29 is 8.42 Å². The molecule has 2 aromatic rings. The van der Waals surface area contributed by atoms with Crippen molar-refractivity contribution in [1.82, 2.24) is 0 Å². The van der Waals surface area contributed by atoms with Gasteiger partial charge >= 0.3 is 110 Å². The third-order valence-electron chi connectivity index (χ3n) is 2.74. The summed E-state index contributed by atoms with van der Waals surface area (Å²) in [6.07, 6.45) is 0. The maximum absolute atomic E-state index is 12.3. The molecule has 5 heteroatoms. The Morgan fingerprint density at radius 2 is 1.94 bits per heavy atom. The summed E-state index contributed by atoms with van der Waals surface area (Å²) in [5.41, 5.74) is 0. The van der Waals surface area contributed by atoms with E-state index >= 15 is 0 Å². The molecule has 0 spiro atoms. The van der Waals surface area contributed by atoms with E-state index in [9.17, 15) is 8.42 Å². The van der Waals surface area contributed by atoms with Crippen LogP contribution in [0.25, 0.3) is 10.8 Å². The van der Waals surface area contributed by atoms with E-state index in [1.165, 1.54) is 0 Å². The molecule has 1 aromatic carbocycles. The monoisotopic (exact) mass is 310 g/mol. The summed E-state index contributed by atoms with van der Waals surface area (Å²) >= 11 is 3.42. The van der Waals surface area contributed by atoms with Crippen molar-refractivity contribution in [3.8, 4) is 0 Å². The van der Waals surface area contributed by atoms with Gasteiger partial charge in [-0.15, -0.1) is 0 Å². The van der Waals surface area contributed by atoms with Gasteiger partial charge in [-0.25, -0.2) is 0 Å². The summed E-state index contributed by atoms with van der Waals surface area (Å²) in [6, 6.07) is 5.37. The summed E-state index contributed by atoms with van der Waals surface area (Å²) in [5, 5.41) is 1.28. The zero-order valence-corrected chi connectivity index (χ0v) is 12.0. The fourth-order valence-corrected chi connectivity index (χ4v) is 3.77. The number of hydrogen-bond acceptors (Lipinski definition) is 2. The Morgan fingerprint density at radius 1 is 1.24 bits per heavy atom. The molecule has 0 unspecified atom stereocenters. The first-order chi connectivity index (χ1) is 7.94. The van der Waals surface area contributed by atoms with Crippen molar-refractivity contribution in [1.29, 1.82) is 0 Å². The second-order valence-electron chi connectivity index (χ2n) is 4.19. The molecule has 0 aliphatic rings. The van der Waals surface area contributed by atoms with E-state index in [1.54, 1.807) is 26.0 Å². The molecule has 2 nitrogen and oxygen atoms in total. The van der Waals surface area contributed by atoms with E-state index in [4.69, 9.17) is 0 Å². The molecule has 0 N–H and O–H groups in total. The van der Waals surface area contributed by atoms with Crippen LogP contribution in [0.4, 0.5) is 0 Å². The van der Waals surface area contributed by atoms with Crippen LogP contribution in [0.3, 0.4) is 0 Å². The van der Waals surface area contributed by atoms with Crippen LogP contribution in [0.1, 0.15) is 13.8 Å². The molecule has 0 bridgehead atoms. The first-order valence-corrected chi connectivity index (χ1v) is 7.69. The fourth-order valence-electron chi connectivity index (χ4n) is 1.75. The number of sulfone groups is 1. The Kier molecular flexibility index (Phi) is 3.41. The van der Waals surface area contributed by atoms with Gasteiger partial charge in [0.2, 0.25) is 0 Å². The van der Waals surface area contributed by atoms with Crippen molar-refractivity contribution >= 4 is 43.5 Å². The van der Waals surface area contributed by atoms with Crippen LogP contribution in [-0.2, 0) is 9.84 Å². The number of rotatable bonds is 2. The van der Waals surface area contributed by atoms with Crippen molar-refractivity contribution in [2.45, 2.75) is 24.0 Å². The van der Waals surface area contributed by atoms with Crippen molar-refractivity contribution in [2.24, 2.45) is 0 Å². The minimum absolute atomic E-state index is 0.400. The van der Waals surface area contributed by atoms with Crippen LogP contribution in [0.15, 0.2) is 39.5 Å². The average molecular weight is 311 g/mol. The third-order valence-corrected chi connectivity index (χ3v) is 5.60. The molecule has 1 aromatic heterocycles. The Bertz CT molecular complexity index is 660. The molecule has 0 aliphatic carbocycles. The topological polar surface area (TPSA) is 34.1 Å². The Balaban J connectivity index is 2.89.